The highest BCUT2D eigenvalue weighted by atomic mass is 16.6. The molecule has 9 heterocycles. The summed E-state index contributed by atoms with van der Waals surface area (Å²) in [6.07, 6.45) is 22.0. The summed E-state index contributed by atoms with van der Waals surface area (Å²) in [5.74, 6) is 5.82. The third-order valence-electron chi connectivity index (χ3n) is 11.0. The first kappa shape index (κ1) is 47.3. The number of nitrogens with two attached hydrogens (primary N) is 1. The molecule has 7 fully saturated rings. The molecule has 9 rings (SSSR count). The Hall–Kier alpha value is -3.11. The van der Waals surface area contributed by atoms with Crippen LogP contribution in [-0.4, -0.2) is 105 Å². The Balaban J connectivity index is 0.000000183. The number of hydrazine groups is 1. The summed E-state index contributed by atoms with van der Waals surface area (Å²) in [5, 5.41) is 8.81. The Morgan fingerprint density at radius 2 is 1.27 bits per heavy atom. The molecule has 0 radical (unpaired) electrons. The van der Waals surface area contributed by atoms with E-state index in [1.807, 2.05) is 38.1 Å². The molecule has 0 amide bonds. The molecule has 14 heteroatoms. The van der Waals surface area contributed by atoms with E-state index < -0.39 is 0 Å². The fourth-order valence-electron chi connectivity index (χ4n) is 8.36. The van der Waals surface area contributed by atoms with Crippen LogP contribution in [0.5, 0.6) is 0 Å². The highest BCUT2D eigenvalue weighted by molar-refractivity contribution is 5.81. The number of rotatable bonds is 9. The van der Waals surface area contributed by atoms with Gasteiger partial charge in [0.2, 0.25) is 0 Å². The second-order valence-corrected chi connectivity index (χ2v) is 14.7. The Morgan fingerprint density at radius 1 is 0.732 bits per heavy atom. The van der Waals surface area contributed by atoms with E-state index in [9.17, 15) is 14.4 Å². The van der Waals surface area contributed by atoms with Gasteiger partial charge in [0.25, 0.3) is 0 Å². The van der Waals surface area contributed by atoms with Gasteiger partial charge in [0.1, 0.15) is 0 Å². The van der Waals surface area contributed by atoms with E-state index >= 15 is 0 Å². The van der Waals surface area contributed by atoms with Gasteiger partial charge in [0, 0.05) is 31.1 Å². The molecule has 8 bridgehead atoms. The molecule has 14 nitrogen and oxygen atoms in total. The molecule has 8 aliphatic rings. The first-order valence-electron chi connectivity index (χ1n) is 20.2. The minimum atomic E-state index is -0.359. The monoisotopic (exact) mass is 792 g/mol. The van der Waals surface area contributed by atoms with Gasteiger partial charge in [0.15, 0.2) is 0 Å². The number of furan rings is 1. The molecule has 7 saturated heterocycles. The van der Waals surface area contributed by atoms with E-state index in [2.05, 4.69) is 21.2 Å². The van der Waals surface area contributed by atoms with Crippen molar-refractivity contribution in [2.75, 3.05) is 33.0 Å². The smallest absolute Gasteiger partial charge is 0.330 e. The van der Waals surface area contributed by atoms with Crippen LogP contribution in [0, 0.1) is 23.7 Å². The van der Waals surface area contributed by atoms with Crippen LogP contribution < -0.4 is 11.3 Å². The number of hydrogen-bond acceptors (Lipinski definition) is 14. The first-order chi connectivity index (χ1) is 26.7. The van der Waals surface area contributed by atoms with Gasteiger partial charge < -0.3 is 42.7 Å². The molecule has 56 heavy (non-hydrogen) atoms. The zero-order valence-corrected chi connectivity index (χ0v) is 32.8. The van der Waals surface area contributed by atoms with Crippen LogP contribution in [0.2, 0.25) is 0 Å². The molecule has 1 aromatic heterocycles. The summed E-state index contributed by atoms with van der Waals surface area (Å²) in [7, 11) is 0. The fraction of sp³-hybridized carbons (Fsp3) is 0.738. The molecule has 1 aromatic rings. The highest BCUT2D eigenvalue weighted by Gasteiger charge is 2.45. The summed E-state index contributed by atoms with van der Waals surface area (Å²) < 4.78 is 41.1. The second-order valence-electron chi connectivity index (χ2n) is 14.7. The van der Waals surface area contributed by atoms with Crippen molar-refractivity contribution < 1.29 is 57.1 Å². The van der Waals surface area contributed by atoms with Crippen LogP contribution in [0.25, 0.3) is 0 Å². The lowest BCUT2D eigenvalue weighted by Gasteiger charge is -2.16. The molecule has 12 unspecified atom stereocenters. The summed E-state index contributed by atoms with van der Waals surface area (Å²) in [6.45, 7) is 11.2. The molecule has 0 spiro atoms. The van der Waals surface area contributed by atoms with Gasteiger partial charge in [-0.1, -0.05) is 26.2 Å². The Bertz CT molecular complexity index is 1290. The van der Waals surface area contributed by atoms with Crippen LogP contribution in [0.4, 0.5) is 0 Å². The molecule has 8 aliphatic heterocycles. The molecule has 0 aliphatic carbocycles. The molecular weight excluding hydrogens is 724 g/mol. The third-order valence-corrected chi connectivity index (χ3v) is 11.0. The van der Waals surface area contributed by atoms with Crippen molar-refractivity contribution >= 4 is 17.9 Å². The largest absolute Gasteiger partial charge is 0.473 e. The molecule has 318 valence electrons. The van der Waals surface area contributed by atoms with E-state index in [0.717, 1.165) is 44.7 Å². The standard InChI is InChI=1S/C9H14O3.C9H12O3.C7H14N2O.C7H12O2.C5H8O2.C4H4O.CH4/c2*1-2-11-9(10)7-5-6-3-4-8(7)12-6;8-9-4-5-3-6-1-2-7(5)10-6;8-4-5-3-6-1-2-7(5)9-6;1-3-5(6)7-4-2;1-2-4-5-3-1;/h6-8H,2-5H2,1H3;3-4,6-8H,2,5H2,1H3;5-7,9H,1-4,8H2;5-8H,1-4H2;3H,1,4H2,2H3;1-4H;1H4. The van der Waals surface area contributed by atoms with Gasteiger partial charge in [-0.2, -0.15) is 0 Å². The maximum atomic E-state index is 11.3. The molecule has 0 aromatic carbocycles. The number of aliphatic hydroxyl groups is 1. The molecule has 0 saturated carbocycles. The zero-order chi connectivity index (χ0) is 39.6. The summed E-state index contributed by atoms with van der Waals surface area (Å²) in [4.78, 5) is 32.7. The topological polar surface area (TPSA) is 187 Å². The van der Waals surface area contributed by atoms with Gasteiger partial charge in [-0.15, -0.1) is 0 Å². The van der Waals surface area contributed by atoms with E-state index in [4.69, 9.17) is 39.4 Å². The summed E-state index contributed by atoms with van der Waals surface area (Å²) in [5.41, 5.74) is 2.71. The normalized spacial score (nSPS) is 33.7. The van der Waals surface area contributed by atoms with Gasteiger partial charge in [-0.05, 0) is 97.1 Å². The Morgan fingerprint density at radius 3 is 1.59 bits per heavy atom. The number of fused-ring (bicyclic) bond motifs is 8. The minimum Gasteiger partial charge on any atom is -0.473 e. The maximum absolute atomic E-state index is 11.3. The lowest BCUT2D eigenvalue weighted by Crippen LogP contribution is -2.33. The maximum Gasteiger partial charge on any atom is 0.330 e. The van der Waals surface area contributed by atoms with Crippen LogP contribution in [0.1, 0.15) is 92.4 Å². The predicted octanol–water partition coefficient (Wildman–Crippen LogP) is 5.22. The van der Waals surface area contributed by atoms with Crippen molar-refractivity contribution in [2.45, 2.75) is 141 Å². The average molecular weight is 793 g/mol. The molecule has 4 N–H and O–H groups in total. The van der Waals surface area contributed by atoms with E-state index in [1.54, 1.807) is 19.5 Å². The lowest BCUT2D eigenvalue weighted by molar-refractivity contribution is -0.150. The lowest BCUT2D eigenvalue weighted by atomic mass is 9.89. The van der Waals surface area contributed by atoms with Crippen molar-refractivity contribution in [3.05, 3.63) is 49.5 Å². The number of carbonyl (C=O) groups excluding carboxylic acids is 3. The number of aliphatic hydroxyl groups excluding tert-OH is 1. The number of hydrogen-bond donors (Lipinski definition) is 3. The Kier molecular flexibility index (Phi) is 21.3. The van der Waals surface area contributed by atoms with E-state index in [1.165, 1.54) is 32.1 Å². The van der Waals surface area contributed by atoms with Crippen LogP contribution in [-0.2, 0) is 47.5 Å². The Labute approximate surface area is 333 Å². The van der Waals surface area contributed by atoms with Crippen LogP contribution >= 0.6 is 0 Å². The van der Waals surface area contributed by atoms with Crippen molar-refractivity contribution in [1.82, 2.24) is 5.43 Å². The quantitative estimate of drug-likeness (QED) is 0.0737. The summed E-state index contributed by atoms with van der Waals surface area (Å²) in [6, 6.07) is 3.67. The van der Waals surface area contributed by atoms with Crippen molar-refractivity contribution in [1.29, 1.82) is 0 Å². The van der Waals surface area contributed by atoms with Crippen LogP contribution in [0.3, 0.4) is 0 Å². The van der Waals surface area contributed by atoms with Crippen molar-refractivity contribution in [3.63, 3.8) is 0 Å². The second kappa shape index (κ2) is 25.3. The number of nitrogens with one attached hydrogen (secondary N) is 1. The first-order valence-corrected chi connectivity index (χ1v) is 20.2. The van der Waals surface area contributed by atoms with Crippen molar-refractivity contribution in [2.24, 2.45) is 29.5 Å². The number of carbonyl (C=O) groups is 3. The van der Waals surface area contributed by atoms with E-state index in [-0.39, 0.29) is 55.5 Å². The average Bonchev–Trinajstić information content (AvgIpc) is 4.05. The number of ether oxygens (including phenoxy) is 7. The molecular formula is C42H68N2O12. The van der Waals surface area contributed by atoms with Crippen molar-refractivity contribution in [3.8, 4) is 0 Å². The van der Waals surface area contributed by atoms with Gasteiger partial charge in [0.05, 0.1) is 93.0 Å². The fourth-order valence-corrected chi connectivity index (χ4v) is 8.36. The van der Waals surface area contributed by atoms with Gasteiger partial charge >= 0.3 is 17.9 Å². The minimum absolute atomic E-state index is 0. The molecule has 12 atom stereocenters. The SMILES string of the molecule is C.C=CC(=O)OCC.CCOC(=O)C1CC2C=CC1O2.CCOC(=O)C1CC2CCC1O2.NNCC1CC2CCC1O2.OCC1CC2CCC1O2.c1ccoc1. The third kappa shape index (κ3) is 14.4. The number of esters is 3. The van der Waals surface area contributed by atoms with E-state index in [0.29, 0.717) is 68.8 Å². The highest BCUT2D eigenvalue weighted by Crippen LogP contribution is 2.40. The summed E-state index contributed by atoms with van der Waals surface area (Å²) >= 11 is 0. The predicted molar refractivity (Wildman–Crippen MR) is 209 cm³/mol. The zero-order valence-electron chi connectivity index (χ0n) is 32.8. The van der Waals surface area contributed by atoms with Crippen LogP contribution in [0.15, 0.2) is 53.9 Å². The van der Waals surface area contributed by atoms with Gasteiger partial charge in [-0.25, -0.2) is 4.79 Å². The van der Waals surface area contributed by atoms with Gasteiger partial charge in [-0.3, -0.25) is 20.9 Å².